The van der Waals surface area contributed by atoms with Gasteiger partial charge in [0.1, 0.15) is 23.6 Å². The highest BCUT2D eigenvalue weighted by Gasteiger charge is 2.28. The average Bonchev–Trinajstić information content (AvgIpc) is 3.08. The number of benzene rings is 1. The molecule has 1 saturated carbocycles. The maximum Gasteiger partial charge on any atom is 0.347 e. The van der Waals surface area contributed by atoms with Crippen LogP contribution in [0.5, 0.6) is 5.75 Å². The first kappa shape index (κ1) is 14.5. The minimum Gasteiger partial charge on any atom is -0.478 e. The minimum atomic E-state index is -0.573. The summed E-state index contributed by atoms with van der Waals surface area (Å²) in [5.41, 5.74) is 0.978. The third-order valence-electron chi connectivity index (χ3n) is 4.93. The van der Waals surface area contributed by atoms with Gasteiger partial charge in [0, 0.05) is 18.0 Å². The third-order valence-corrected chi connectivity index (χ3v) is 4.93. The summed E-state index contributed by atoms with van der Waals surface area (Å²) in [5, 5.41) is 0.769. The molecule has 5 nitrogen and oxygen atoms in total. The van der Waals surface area contributed by atoms with Crippen LogP contribution in [0, 0.1) is 0 Å². The van der Waals surface area contributed by atoms with Crippen LogP contribution in [0.3, 0.4) is 0 Å². The molecule has 0 spiro atoms. The van der Waals surface area contributed by atoms with Crippen molar-refractivity contribution in [3.8, 4) is 5.75 Å². The standard InChI is InChI=1S/C18H19NO4/c1-11(20)14-8-12-6-7-16-15(17(12)23-18(14)21)9-19(10-22-16)13-4-2-3-5-13/h6-8,13H,2-5,9-10H2,1H3. The SMILES string of the molecule is CC(=O)c1cc2ccc3c(c2oc1=O)CN(C1CCCC1)CO3. The van der Waals surface area contributed by atoms with Crippen LogP contribution in [0.4, 0.5) is 0 Å². The molecule has 5 heteroatoms. The number of hydrogen-bond acceptors (Lipinski definition) is 5. The summed E-state index contributed by atoms with van der Waals surface area (Å²) in [6, 6.07) is 5.90. The number of hydrogen-bond donors (Lipinski definition) is 0. The first-order valence-corrected chi connectivity index (χ1v) is 8.11. The van der Waals surface area contributed by atoms with Crippen LogP contribution >= 0.6 is 0 Å². The smallest absolute Gasteiger partial charge is 0.347 e. The van der Waals surface area contributed by atoms with E-state index in [-0.39, 0.29) is 11.3 Å². The summed E-state index contributed by atoms with van der Waals surface area (Å²) < 4.78 is 11.4. The molecule has 0 bridgehead atoms. The van der Waals surface area contributed by atoms with Crippen molar-refractivity contribution in [3.05, 3.63) is 39.7 Å². The number of Topliss-reactive ketones (excluding diaryl/α,β-unsaturated/α-hetero) is 1. The van der Waals surface area contributed by atoms with Crippen molar-refractivity contribution in [1.82, 2.24) is 4.90 Å². The molecule has 2 aliphatic rings. The van der Waals surface area contributed by atoms with Gasteiger partial charge in [-0.3, -0.25) is 9.69 Å². The highest BCUT2D eigenvalue weighted by Crippen LogP contribution is 2.35. The van der Waals surface area contributed by atoms with Crippen molar-refractivity contribution in [3.63, 3.8) is 0 Å². The Morgan fingerprint density at radius 1 is 1.26 bits per heavy atom. The molecule has 4 rings (SSSR count). The summed E-state index contributed by atoms with van der Waals surface area (Å²) in [7, 11) is 0. The molecule has 1 aromatic carbocycles. The Kier molecular flexibility index (Phi) is 3.45. The predicted octanol–water partition coefficient (Wildman–Crippen LogP) is 3.09. The molecular formula is C18H19NO4. The quantitative estimate of drug-likeness (QED) is 0.630. The van der Waals surface area contributed by atoms with Gasteiger partial charge in [0.15, 0.2) is 5.78 Å². The Morgan fingerprint density at radius 2 is 2.04 bits per heavy atom. The first-order chi connectivity index (χ1) is 11.1. The first-order valence-electron chi connectivity index (χ1n) is 8.11. The maximum absolute atomic E-state index is 12.1. The van der Waals surface area contributed by atoms with E-state index in [2.05, 4.69) is 4.90 Å². The van der Waals surface area contributed by atoms with Gasteiger partial charge in [0.2, 0.25) is 0 Å². The highest BCUT2D eigenvalue weighted by atomic mass is 16.5. The van der Waals surface area contributed by atoms with Gasteiger partial charge in [-0.1, -0.05) is 12.8 Å². The second-order valence-electron chi connectivity index (χ2n) is 6.42. The van der Waals surface area contributed by atoms with E-state index < -0.39 is 5.63 Å². The predicted molar refractivity (Wildman–Crippen MR) is 85.8 cm³/mol. The lowest BCUT2D eigenvalue weighted by atomic mass is 10.0. The molecule has 120 valence electrons. The fourth-order valence-corrected chi connectivity index (χ4v) is 3.66. The Morgan fingerprint density at radius 3 is 2.78 bits per heavy atom. The zero-order valence-corrected chi connectivity index (χ0v) is 13.1. The Balaban J connectivity index is 1.79. The molecule has 1 aliphatic carbocycles. The summed E-state index contributed by atoms with van der Waals surface area (Å²) in [4.78, 5) is 25.9. The van der Waals surface area contributed by atoms with E-state index in [1.807, 2.05) is 12.1 Å². The summed E-state index contributed by atoms with van der Waals surface area (Å²) in [6.45, 7) is 2.68. The largest absolute Gasteiger partial charge is 0.478 e. The van der Waals surface area contributed by atoms with Crippen molar-refractivity contribution in [2.45, 2.75) is 45.2 Å². The fourth-order valence-electron chi connectivity index (χ4n) is 3.66. The molecule has 1 fully saturated rings. The summed E-state index contributed by atoms with van der Waals surface area (Å²) >= 11 is 0. The number of carbonyl (C=O) groups excluding carboxylic acids is 1. The number of ether oxygens (including phenoxy) is 1. The van der Waals surface area contributed by atoms with E-state index in [9.17, 15) is 9.59 Å². The van der Waals surface area contributed by atoms with Gasteiger partial charge in [-0.05, 0) is 38.0 Å². The van der Waals surface area contributed by atoms with Crippen LogP contribution < -0.4 is 10.4 Å². The normalized spacial score (nSPS) is 18.8. The van der Waals surface area contributed by atoms with Gasteiger partial charge in [-0.15, -0.1) is 0 Å². The zero-order valence-electron chi connectivity index (χ0n) is 13.1. The molecule has 2 heterocycles. The lowest BCUT2D eigenvalue weighted by molar-refractivity contribution is 0.0581. The Labute approximate surface area is 133 Å². The van der Waals surface area contributed by atoms with Crippen LogP contribution in [-0.4, -0.2) is 23.5 Å². The Bertz CT molecular complexity index is 833. The second kappa shape index (κ2) is 5.49. The topological polar surface area (TPSA) is 59.8 Å². The van der Waals surface area contributed by atoms with Crippen molar-refractivity contribution in [2.75, 3.05) is 6.73 Å². The van der Waals surface area contributed by atoms with E-state index in [0.29, 0.717) is 18.4 Å². The number of carbonyl (C=O) groups is 1. The molecule has 1 aliphatic heterocycles. The van der Waals surface area contributed by atoms with Gasteiger partial charge < -0.3 is 9.15 Å². The molecule has 0 unspecified atom stereocenters. The number of rotatable bonds is 2. The lowest BCUT2D eigenvalue weighted by Gasteiger charge is -2.33. The molecule has 0 atom stereocenters. The molecule has 0 N–H and O–H groups in total. The minimum absolute atomic E-state index is 0.0989. The summed E-state index contributed by atoms with van der Waals surface area (Å²) in [6.07, 6.45) is 4.92. The maximum atomic E-state index is 12.1. The van der Waals surface area contributed by atoms with Gasteiger partial charge >= 0.3 is 5.63 Å². The van der Waals surface area contributed by atoms with Gasteiger partial charge in [0.05, 0.1) is 5.56 Å². The third kappa shape index (κ3) is 2.45. The Hall–Kier alpha value is -2.14. The van der Waals surface area contributed by atoms with Crippen molar-refractivity contribution in [2.24, 2.45) is 0 Å². The molecule has 0 amide bonds. The molecule has 0 radical (unpaired) electrons. The molecule has 1 aromatic heterocycles. The number of ketones is 1. The number of fused-ring (bicyclic) bond motifs is 3. The molecular weight excluding hydrogens is 294 g/mol. The van der Waals surface area contributed by atoms with E-state index in [1.54, 1.807) is 6.07 Å². The van der Waals surface area contributed by atoms with Gasteiger partial charge in [-0.25, -0.2) is 4.79 Å². The average molecular weight is 313 g/mol. The molecule has 0 saturated heterocycles. The van der Waals surface area contributed by atoms with Gasteiger partial charge in [0.25, 0.3) is 0 Å². The van der Waals surface area contributed by atoms with E-state index >= 15 is 0 Å². The van der Waals surface area contributed by atoms with Gasteiger partial charge in [-0.2, -0.15) is 0 Å². The monoisotopic (exact) mass is 313 g/mol. The lowest BCUT2D eigenvalue weighted by Crippen LogP contribution is -2.39. The zero-order chi connectivity index (χ0) is 16.0. The number of nitrogens with zero attached hydrogens (tertiary/aromatic N) is 1. The second-order valence-corrected chi connectivity index (χ2v) is 6.42. The van der Waals surface area contributed by atoms with E-state index in [0.717, 1.165) is 23.2 Å². The molecule has 2 aromatic rings. The van der Waals surface area contributed by atoms with E-state index in [4.69, 9.17) is 9.15 Å². The highest BCUT2D eigenvalue weighted by molar-refractivity contribution is 5.97. The van der Waals surface area contributed by atoms with E-state index in [1.165, 1.54) is 32.6 Å². The van der Waals surface area contributed by atoms with Crippen LogP contribution in [0.15, 0.2) is 27.4 Å². The van der Waals surface area contributed by atoms with Crippen LogP contribution in [0.25, 0.3) is 11.0 Å². The van der Waals surface area contributed by atoms with Crippen LogP contribution in [-0.2, 0) is 6.54 Å². The molecule has 23 heavy (non-hydrogen) atoms. The van der Waals surface area contributed by atoms with Crippen molar-refractivity contribution in [1.29, 1.82) is 0 Å². The summed E-state index contributed by atoms with van der Waals surface area (Å²) in [5.74, 6) is 0.493. The fraction of sp³-hybridized carbons (Fsp3) is 0.444. The van der Waals surface area contributed by atoms with Crippen molar-refractivity contribution < 1.29 is 13.9 Å². The van der Waals surface area contributed by atoms with Crippen LogP contribution in [0.1, 0.15) is 48.5 Å². The van der Waals surface area contributed by atoms with Crippen molar-refractivity contribution >= 4 is 16.8 Å². The van der Waals surface area contributed by atoms with Crippen LogP contribution in [0.2, 0.25) is 0 Å².